The maximum atomic E-state index is 13.1. The van der Waals surface area contributed by atoms with Crippen LogP contribution in [0.5, 0.6) is 0 Å². The van der Waals surface area contributed by atoms with Gasteiger partial charge in [-0.05, 0) is 31.6 Å². The minimum absolute atomic E-state index is 0.142. The first-order valence-electron chi connectivity index (χ1n) is 26.1. The van der Waals surface area contributed by atoms with E-state index >= 15 is 0 Å². The van der Waals surface area contributed by atoms with E-state index in [1.165, 1.54) is 186 Å². The van der Waals surface area contributed by atoms with Crippen LogP contribution in [0.1, 0.15) is 264 Å². The molecule has 0 aromatic rings. The number of unbranched alkanes of at least 4 members (excludes halogenated alkanes) is 33. The van der Waals surface area contributed by atoms with E-state index in [1.807, 2.05) is 0 Å². The largest absolute Gasteiger partial charge is 0.396 e. The summed E-state index contributed by atoms with van der Waals surface area (Å²) >= 11 is 0. The molecule has 0 saturated heterocycles. The minimum atomic E-state index is -1.42. The molecule has 0 spiro atoms. The Labute approximate surface area is 364 Å². The Morgan fingerprint density at radius 3 is 1.15 bits per heavy atom. The number of aliphatic hydroxyl groups is 6. The second-order valence-corrected chi connectivity index (χ2v) is 19.1. The molecule has 0 radical (unpaired) electrons. The average molecular weight is 840 g/mol. The Morgan fingerprint density at radius 1 is 0.475 bits per heavy atom. The predicted molar refractivity (Wildman–Crippen MR) is 247 cm³/mol. The molecule has 1 saturated carbocycles. The highest BCUT2D eigenvalue weighted by Gasteiger charge is 2.44. The Morgan fingerprint density at radius 2 is 0.797 bits per heavy atom. The standard InChI is InChI=1S/C51H101NO7/c1-3-5-7-9-11-13-15-17-18-19-20-21-22-23-24-25-26-27-29-31-33-35-37-39-47(55)52-45(41-43-40-44(42-53)49(57)51(59)48(43)56)50(58)46(54)38-36-34-32-30-28-16-14-12-10-8-6-4-2/h43-46,48-51,53-54,56-59H,3-42H2,1-2H3,(H,52,55)/t43-,44-,45+,46-,48+,49+,50+,51-/m1/s1. The number of hydrogen-bond acceptors (Lipinski definition) is 7. The molecular formula is C51H101NO7. The Bertz CT molecular complexity index is 905. The van der Waals surface area contributed by atoms with E-state index < -0.39 is 48.4 Å². The lowest BCUT2D eigenvalue weighted by atomic mass is 9.73. The van der Waals surface area contributed by atoms with Gasteiger partial charge in [0.15, 0.2) is 0 Å². The zero-order chi connectivity index (χ0) is 43.2. The molecule has 1 fully saturated rings. The Balaban J connectivity index is 2.26. The number of amides is 1. The third kappa shape index (κ3) is 30.0. The molecule has 1 aliphatic carbocycles. The molecular weight excluding hydrogens is 739 g/mol. The lowest BCUT2D eigenvalue weighted by Gasteiger charge is -2.42. The van der Waals surface area contributed by atoms with Gasteiger partial charge in [0.25, 0.3) is 0 Å². The maximum Gasteiger partial charge on any atom is 0.220 e. The monoisotopic (exact) mass is 840 g/mol. The highest BCUT2D eigenvalue weighted by atomic mass is 16.4. The Hall–Kier alpha value is -0.770. The summed E-state index contributed by atoms with van der Waals surface area (Å²) in [7, 11) is 0. The first kappa shape index (κ1) is 56.2. The second kappa shape index (κ2) is 40.0. The van der Waals surface area contributed by atoms with Gasteiger partial charge < -0.3 is 36.0 Å². The summed E-state index contributed by atoms with van der Waals surface area (Å²) in [5.41, 5.74) is 0. The second-order valence-electron chi connectivity index (χ2n) is 19.1. The van der Waals surface area contributed by atoms with Crippen LogP contribution in [0.2, 0.25) is 0 Å². The molecule has 0 bridgehead atoms. The van der Waals surface area contributed by atoms with E-state index in [9.17, 15) is 35.4 Å². The van der Waals surface area contributed by atoms with E-state index in [2.05, 4.69) is 19.2 Å². The first-order valence-corrected chi connectivity index (χ1v) is 26.1. The van der Waals surface area contributed by atoms with E-state index in [1.54, 1.807) is 0 Å². The zero-order valence-corrected chi connectivity index (χ0v) is 39.0. The van der Waals surface area contributed by atoms with Gasteiger partial charge in [0.1, 0.15) is 6.10 Å². The number of carbonyl (C=O) groups excluding carboxylic acids is 1. The van der Waals surface area contributed by atoms with Gasteiger partial charge in [-0.15, -0.1) is 0 Å². The first-order chi connectivity index (χ1) is 28.8. The molecule has 7 N–H and O–H groups in total. The van der Waals surface area contributed by atoms with Gasteiger partial charge in [0.05, 0.1) is 30.5 Å². The molecule has 8 atom stereocenters. The van der Waals surface area contributed by atoms with Crippen molar-refractivity contribution in [1.29, 1.82) is 0 Å². The molecule has 59 heavy (non-hydrogen) atoms. The van der Waals surface area contributed by atoms with Crippen molar-refractivity contribution in [3.05, 3.63) is 0 Å². The highest BCUT2D eigenvalue weighted by molar-refractivity contribution is 5.76. The Kier molecular flexibility index (Phi) is 38.2. The van der Waals surface area contributed by atoms with Crippen molar-refractivity contribution in [3.63, 3.8) is 0 Å². The van der Waals surface area contributed by atoms with Crippen molar-refractivity contribution in [2.45, 2.75) is 301 Å². The quantitative estimate of drug-likeness (QED) is 0.0302. The van der Waals surface area contributed by atoms with E-state index in [-0.39, 0.29) is 25.4 Å². The van der Waals surface area contributed by atoms with Crippen LogP contribution in [0, 0.1) is 11.8 Å². The maximum absolute atomic E-state index is 13.1. The third-order valence-electron chi connectivity index (χ3n) is 13.6. The van der Waals surface area contributed by atoms with Crippen LogP contribution in [0.15, 0.2) is 0 Å². The summed E-state index contributed by atoms with van der Waals surface area (Å²) in [5.74, 6) is -1.34. The number of rotatable bonds is 43. The fraction of sp³-hybridized carbons (Fsp3) is 0.980. The van der Waals surface area contributed by atoms with Gasteiger partial charge in [0.2, 0.25) is 5.91 Å². The summed E-state index contributed by atoms with van der Waals surface area (Å²) in [5, 5.41) is 66.7. The normalized spacial score (nSPS) is 21.1. The molecule has 8 heteroatoms. The molecule has 0 aromatic heterocycles. The van der Waals surface area contributed by atoms with Gasteiger partial charge in [-0.1, -0.05) is 232 Å². The van der Waals surface area contributed by atoms with Crippen molar-refractivity contribution in [3.8, 4) is 0 Å². The van der Waals surface area contributed by atoms with Crippen LogP contribution in [-0.2, 0) is 4.79 Å². The molecule has 1 amide bonds. The SMILES string of the molecule is CCCCCCCCCCCCCCCCCCCCCCCCCC(=O)N[C@@H](C[C@H]1C[C@H](CO)[C@H](O)[C@H](O)[C@H]1O)[C@H](O)[C@H](O)CCCCCCCCCCCCCC. The summed E-state index contributed by atoms with van der Waals surface area (Å²) < 4.78 is 0. The molecule has 0 unspecified atom stereocenters. The zero-order valence-electron chi connectivity index (χ0n) is 39.0. The number of carbonyl (C=O) groups is 1. The van der Waals surface area contributed by atoms with E-state index in [4.69, 9.17) is 0 Å². The average Bonchev–Trinajstić information content (AvgIpc) is 3.23. The predicted octanol–water partition coefficient (Wildman–Crippen LogP) is 11.8. The van der Waals surface area contributed by atoms with Crippen LogP contribution in [-0.4, -0.2) is 79.7 Å². The molecule has 352 valence electrons. The fourth-order valence-corrected chi connectivity index (χ4v) is 9.44. The summed E-state index contributed by atoms with van der Waals surface area (Å²) in [6, 6.07) is -0.805. The summed E-state index contributed by atoms with van der Waals surface area (Å²) in [6.45, 7) is 4.20. The summed E-state index contributed by atoms with van der Waals surface area (Å²) in [4.78, 5) is 13.1. The molecule has 0 heterocycles. The van der Waals surface area contributed by atoms with Gasteiger partial charge in [-0.25, -0.2) is 0 Å². The number of aliphatic hydroxyl groups excluding tert-OH is 6. The van der Waals surface area contributed by atoms with Crippen LogP contribution in [0.4, 0.5) is 0 Å². The third-order valence-corrected chi connectivity index (χ3v) is 13.6. The lowest BCUT2D eigenvalue weighted by Crippen LogP contribution is -2.55. The van der Waals surface area contributed by atoms with Crippen molar-refractivity contribution in [2.24, 2.45) is 11.8 Å². The van der Waals surface area contributed by atoms with E-state index in [0.29, 0.717) is 12.8 Å². The summed E-state index contributed by atoms with van der Waals surface area (Å²) in [6.07, 6.45) is 40.0. The molecule has 1 aliphatic rings. The van der Waals surface area contributed by atoms with Gasteiger partial charge in [-0.2, -0.15) is 0 Å². The van der Waals surface area contributed by atoms with Crippen molar-refractivity contribution in [2.75, 3.05) is 6.61 Å². The fourth-order valence-electron chi connectivity index (χ4n) is 9.44. The van der Waals surface area contributed by atoms with Crippen LogP contribution >= 0.6 is 0 Å². The molecule has 1 rings (SSSR count). The van der Waals surface area contributed by atoms with Gasteiger partial charge in [-0.3, -0.25) is 4.79 Å². The van der Waals surface area contributed by atoms with Crippen LogP contribution < -0.4 is 5.32 Å². The van der Waals surface area contributed by atoms with Crippen molar-refractivity contribution in [1.82, 2.24) is 5.32 Å². The molecule has 0 aliphatic heterocycles. The topological polar surface area (TPSA) is 150 Å². The van der Waals surface area contributed by atoms with Crippen molar-refractivity contribution < 1.29 is 35.4 Å². The number of nitrogens with one attached hydrogen (secondary N) is 1. The van der Waals surface area contributed by atoms with Gasteiger partial charge >= 0.3 is 0 Å². The smallest absolute Gasteiger partial charge is 0.220 e. The van der Waals surface area contributed by atoms with Crippen LogP contribution in [0.25, 0.3) is 0 Å². The van der Waals surface area contributed by atoms with Crippen molar-refractivity contribution >= 4 is 5.91 Å². The number of hydrogen-bond donors (Lipinski definition) is 7. The minimum Gasteiger partial charge on any atom is -0.396 e. The highest BCUT2D eigenvalue weighted by Crippen LogP contribution is 2.34. The molecule has 0 aromatic carbocycles. The molecule has 8 nitrogen and oxygen atoms in total. The van der Waals surface area contributed by atoms with E-state index in [0.717, 1.165) is 38.5 Å². The lowest BCUT2D eigenvalue weighted by molar-refractivity contribution is -0.147. The van der Waals surface area contributed by atoms with Crippen LogP contribution in [0.3, 0.4) is 0 Å². The van der Waals surface area contributed by atoms with Gasteiger partial charge in [0, 0.05) is 18.9 Å².